The predicted molar refractivity (Wildman–Crippen MR) is 103 cm³/mol. The fraction of sp³-hybridized carbons (Fsp3) is 0.222. The molecule has 0 aromatic heterocycles. The quantitative estimate of drug-likeness (QED) is 0.300. The molecule has 0 bridgehead atoms. The van der Waals surface area contributed by atoms with E-state index in [2.05, 4.69) is 16.2 Å². The summed E-state index contributed by atoms with van der Waals surface area (Å²) in [5.41, 5.74) is 6.57. The summed E-state index contributed by atoms with van der Waals surface area (Å²) in [5.74, 6) is 0.000391. The smallest absolute Gasteiger partial charge is 0.238 e. The first-order valence-electron chi connectivity index (χ1n) is 8.08. The zero-order chi connectivity index (χ0) is 18.9. The minimum atomic E-state index is -0.264. The summed E-state index contributed by atoms with van der Waals surface area (Å²) in [4.78, 5) is 11.9. The van der Waals surface area contributed by atoms with Crippen LogP contribution < -0.4 is 20.9 Å². The lowest BCUT2D eigenvalue weighted by molar-refractivity contribution is -0.121. The monoisotopic (exact) mass is 375 g/mol. The first kappa shape index (κ1) is 19.3. The molecular weight excluding hydrogens is 354 g/mol. The normalized spacial score (nSPS) is 10.0. The van der Waals surface area contributed by atoms with Crippen LogP contribution in [0.2, 0.25) is 0 Å². The molecule has 2 rings (SSSR count). The highest BCUT2D eigenvalue weighted by molar-refractivity contribution is 7.80. The van der Waals surface area contributed by atoms with Gasteiger partial charge in [-0.05, 0) is 55.4 Å². The van der Waals surface area contributed by atoms with Gasteiger partial charge in [0.05, 0.1) is 12.3 Å². The molecule has 0 aliphatic carbocycles. The van der Waals surface area contributed by atoms with Gasteiger partial charge in [0.1, 0.15) is 5.75 Å². The summed E-state index contributed by atoms with van der Waals surface area (Å²) in [6.07, 6.45) is 0.601. The molecule has 0 saturated carbocycles. The lowest BCUT2D eigenvalue weighted by Crippen LogP contribution is -2.43. The number of anilines is 1. The fourth-order valence-electron chi connectivity index (χ4n) is 2.18. The third-order valence-electron chi connectivity index (χ3n) is 3.43. The number of rotatable bonds is 6. The molecule has 138 valence electrons. The Morgan fingerprint density at radius 1 is 1.12 bits per heavy atom. The van der Waals surface area contributed by atoms with Crippen molar-refractivity contribution in [3.8, 4) is 17.2 Å². The molecule has 0 atom stereocenters. The van der Waals surface area contributed by atoms with Gasteiger partial charge in [0, 0.05) is 6.42 Å². The van der Waals surface area contributed by atoms with Crippen molar-refractivity contribution in [1.82, 2.24) is 10.9 Å². The molecule has 5 N–H and O–H groups in total. The van der Waals surface area contributed by atoms with Crippen molar-refractivity contribution in [2.24, 2.45) is 0 Å². The molecular formula is C18H21N3O4S. The van der Waals surface area contributed by atoms with Crippen LogP contribution in [0.25, 0.3) is 0 Å². The number of hydrogen-bond donors (Lipinski definition) is 5. The second-order valence-corrected chi connectivity index (χ2v) is 5.79. The zero-order valence-corrected chi connectivity index (χ0v) is 15.1. The lowest BCUT2D eigenvalue weighted by Gasteiger charge is -2.14. The third-order valence-corrected chi connectivity index (χ3v) is 3.64. The highest BCUT2D eigenvalue weighted by Crippen LogP contribution is 2.25. The molecule has 0 saturated heterocycles. The maximum absolute atomic E-state index is 11.9. The van der Waals surface area contributed by atoms with Gasteiger partial charge in [0.15, 0.2) is 16.6 Å². The SMILES string of the molecule is CCOc1ccccc1NC(=S)NNC(=O)CCc1ccc(O)c(O)c1. The minimum absolute atomic E-state index is 0.190. The third kappa shape index (κ3) is 5.82. The molecule has 0 aliphatic rings. The Bertz CT molecular complexity index is 783. The summed E-state index contributed by atoms with van der Waals surface area (Å²) in [6.45, 7) is 2.42. The molecule has 2 aromatic carbocycles. The van der Waals surface area contributed by atoms with E-state index in [-0.39, 0.29) is 28.9 Å². The van der Waals surface area contributed by atoms with Gasteiger partial charge >= 0.3 is 0 Å². The van der Waals surface area contributed by atoms with Crippen molar-refractivity contribution in [3.05, 3.63) is 48.0 Å². The molecule has 7 nitrogen and oxygen atoms in total. The number of ether oxygens (including phenoxy) is 1. The number of aryl methyl sites for hydroxylation is 1. The Hall–Kier alpha value is -3.00. The highest BCUT2D eigenvalue weighted by atomic mass is 32.1. The van der Waals surface area contributed by atoms with Gasteiger partial charge in [0.2, 0.25) is 5.91 Å². The van der Waals surface area contributed by atoms with Gasteiger partial charge in [-0.2, -0.15) is 0 Å². The Kier molecular flexibility index (Phi) is 7.04. The van der Waals surface area contributed by atoms with Gasteiger partial charge in [-0.25, -0.2) is 0 Å². The number of nitrogens with one attached hydrogen (secondary N) is 3. The van der Waals surface area contributed by atoms with E-state index in [0.29, 0.717) is 24.5 Å². The molecule has 0 heterocycles. The first-order chi connectivity index (χ1) is 12.5. The van der Waals surface area contributed by atoms with Crippen molar-refractivity contribution >= 4 is 28.9 Å². The van der Waals surface area contributed by atoms with Crippen LogP contribution in [0.5, 0.6) is 17.2 Å². The maximum atomic E-state index is 11.9. The van der Waals surface area contributed by atoms with Crippen LogP contribution >= 0.6 is 12.2 Å². The first-order valence-corrected chi connectivity index (χ1v) is 8.49. The van der Waals surface area contributed by atoms with Crippen LogP contribution in [-0.4, -0.2) is 27.8 Å². The number of carbonyl (C=O) groups excluding carboxylic acids is 1. The van der Waals surface area contributed by atoms with Crippen LogP contribution in [0.1, 0.15) is 18.9 Å². The van der Waals surface area contributed by atoms with E-state index in [0.717, 1.165) is 5.56 Å². The summed E-state index contributed by atoms with van der Waals surface area (Å²) in [6, 6.07) is 11.8. The minimum Gasteiger partial charge on any atom is -0.504 e. The van der Waals surface area contributed by atoms with E-state index in [1.165, 1.54) is 12.1 Å². The molecule has 0 spiro atoms. The van der Waals surface area contributed by atoms with Crippen molar-refractivity contribution in [1.29, 1.82) is 0 Å². The van der Waals surface area contributed by atoms with Gasteiger partial charge in [-0.1, -0.05) is 18.2 Å². The number of thiocarbonyl (C=S) groups is 1. The van der Waals surface area contributed by atoms with Crippen molar-refractivity contribution in [2.45, 2.75) is 19.8 Å². The lowest BCUT2D eigenvalue weighted by atomic mass is 10.1. The average molecular weight is 375 g/mol. The molecule has 2 aromatic rings. The molecule has 0 aliphatic heterocycles. The van der Waals surface area contributed by atoms with E-state index < -0.39 is 0 Å². The number of hydrazine groups is 1. The maximum Gasteiger partial charge on any atom is 0.238 e. The van der Waals surface area contributed by atoms with Crippen molar-refractivity contribution < 1.29 is 19.7 Å². The molecule has 0 unspecified atom stereocenters. The van der Waals surface area contributed by atoms with Crippen LogP contribution in [0.15, 0.2) is 42.5 Å². The zero-order valence-electron chi connectivity index (χ0n) is 14.3. The van der Waals surface area contributed by atoms with Crippen molar-refractivity contribution in [3.63, 3.8) is 0 Å². The van der Waals surface area contributed by atoms with E-state index in [9.17, 15) is 15.0 Å². The number of phenols is 2. The summed E-state index contributed by atoms with van der Waals surface area (Å²) in [7, 11) is 0. The Morgan fingerprint density at radius 3 is 2.62 bits per heavy atom. The predicted octanol–water partition coefficient (Wildman–Crippen LogP) is 2.45. The fourth-order valence-corrected chi connectivity index (χ4v) is 2.34. The summed E-state index contributed by atoms with van der Waals surface area (Å²) >= 11 is 5.15. The summed E-state index contributed by atoms with van der Waals surface area (Å²) < 4.78 is 5.49. The Balaban J connectivity index is 1.78. The average Bonchev–Trinajstić information content (AvgIpc) is 2.63. The standard InChI is InChI=1S/C18H21N3O4S/c1-2-25-16-6-4-3-5-13(16)19-18(26)21-20-17(24)10-8-12-7-9-14(22)15(23)11-12/h3-7,9,11,22-23H,2,8,10H2,1H3,(H,20,24)(H2,19,21,26). The molecule has 0 fully saturated rings. The number of phenolic OH excluding ortho intramolecular Hbond substituents is 2. The topological polar surface area (TPSA) is 103 Å². The number of para-hydroxylation sites is 2. The number of benzene rings is 2. The van der Waals surface area contributed by atoms with Gasteiger partial charge in [-0.15, -0.1) is 0 Å². The Morgan fingerprint density at radius 2 is 1.88 bits per heavy atom. The van der Waals surface area contributed by atoms with E-state index in [1.54, 1.807) is 6.07 Å². The van der Waals surface area contributed by atoms with Gasteiger partial charge < -0.3 is 20.3 Å². The van der Waals surface area contributed by atoms with Crippen molar-refractivity contribution in [2.75, 3.05) is 11.9 Å². The van der Waals surface area contributed by atoms with Gasteiger partial charge in [0.25, 0.3) is 0 Å². The van der Waals surface area contributed by atoms with Crippen LogP contribution in [0, 0.1) is 0 Å². The molecule has 8 heteroatoms. The second kappa shape index (κ2) is 9.47. The van der Waals surface area contributed by atoms with Crippen LogP contribution in [-0.2, 0) is 11.2 Å². The van der Waals surface area contributed by atoms with E-state index in [4.69, 9.17) is 17.0 Å². The molecule has 1 amide bonds. The number of hydrogen-bond acceptors (Lipinski definition) is 5. The van der Waals surface area contributed by atoms with Crippen LogP contribution in [0.4, 0.5) is 5.69 Å². The second-order valence-electron chi connectivity index (χ2n) is 5.38. The number of aromatic hydroxyl groups is 2. The number of amides is 1. The Labute approximate surface area is 157 Å². The molecule has 26 heavy (non-hydrogen) atoms. The molecule has 0 radical (unpaired) electrons. The van der Waals surface area contributed by atoms with Gasteiger partial charge in [-0.3, -0.25) is 15.6 Å². The van der Waals surface area contributed by atoms with Crippen LogP contribution in [0.3, 0.4) is 0 Å². The van der Waals surface area contributed by atoms with E-state index in [1.807, 2.05) is 31.2 Å². The number of carbonyl (C=O) groups is 1. The highest BCUT2D eigenvalue weighted by Gasteiger charge is 2.07. The largest absolute Gasteiger partial charge is 0.504 e. The van der Waals surface area contributed by atoms with E-state index >= 15 is 0 Å². The summed E-state index contributed by atoms with van der Waals surface area (Å²) in [5, 5.41) is 21.9.